The third-order valence-corrected chi connectivity index (χ3v) is 8.24. The maximum absolute atomic E-state index is 12.9. The fraction of sp³-hybridized carbons (Fsp3) is 0.389. The van der Waals surface area contributed by atoms with Gasteiger partial charge in [-0.15, -0.1) is 0 Å². The van der Waals surface area contributed by atoms with E-state index < -0.39 is 5.91 Å². The highest BCUT2D eigenvalue weighted by Crippen LogP contribution is 2.27. The minimum atomic E-state index is -0.423. The molecule has 3 aromatic rings. The van der Waals surface area contributed by atoms with E-state index in [-0.39, 0.29) is 40.9 Å². The van der Waals surface area contributed by atoms with E-state index in [0.717, 1.165) is 30.0 Å². The highest BCUT2D eigenvalue weighted by atomic mass is 16.6. The molecule has 4 rings (SSSR count). The van der Waals surface area contributed by atoms with Gasteiger partial charge in [0.1, 0.15) is 23.7 Å². The number of amides is 2. The number of aromatic nitrogens is 2. The number of rotatable bonds is 22. The number of aromatic hydroxyl groups is 1. The van der Waals surface area contributed by atoms with Crippen LogP contribution in [0.2, 0.25) is 0 Å². The topological polar surface area (TPSA) is 270 Å². The number of nitrogens with two attached hydrogens (primary N) is 3. The van der Waals surface area contributed by atoms with Crippen molar-refractivity contribution in [1.29, 1.82) is 10.8 Å². The van der Waals surface area contributed by atoms with Gasteiger partial charge >= 0.3 is 0 Å². The average Bonchev–Trinajstić information content (AvgIpc) is 3.16. The third-order valence-electron chi connectivity index (χ3n) is 8.24. The molecule has 0 bridgehead atoms. The van der Waals surface area contributed by atoms with Crippen LogP contribution in [0.4, 0.5) is 17.3 Å². The normalized spacial score (nSPS) is 12.6. The van der Waals surface area contributed by atoms with Crippen molar-refractivity contribution >= 4 is 41.1 Å². The van der Waals surface area contributed by atoms with Gasteiger partial charge in [-0.3, -0.25) is 15.0 Å². The molecule has 0 unspecified atom stereocenters. The zero-order valence-electron chi connectivity index (χ0n) is 29.6. The second-order valence-electron chi connectivity index (χ2n) is 11.9. The monoisotopic (exact) mass is 732 g/mol. The summed E-state index contributed by atoms with van der Waals surface area (Å²) in [6, 6.07) is 10.7. The standard InChI is InChI=1S/C36H48N10O7/c37-19-28(20-38)36(49)42-7-10-51-12-14-53-16-15-52-13-11-50-9-6-31(48)46-8-5-25-17-24(1-2-27(25)22-46)21-43-35-32(34(41)44-23-45-35)33(40)26-3-4-30(47)29(39)18-26/h1-4,17-20,23,37,40,47H,5-16,21-22,38-39H2,(H,42,49)(H3,41,43,44,45)/b28-20+,37-19?,40-33?. The maximum atomic E-state index is 12.9. The van der Waals surface area contributed by atoms with E-state index in [4.69, 9.17) is 47.0 Å². The van der Waals surface area contributed by atoms with Crippen LogP contribution in [-0.2, 0) is 48.0 Å². The average molecular weight is 733 g/mol. The highest BCUT2D eigenvalue weighted by Gasteiger charge is 2.21. The Balaban J connectivity index is 1.08. The van der Waals surface area contributed by atoms with E-state index in [1.165, 1.54) is 24.0 Å². The molecule has 11 N–H and O–H groups in total. The zero-order valence-corrected chi connectivity index (χ0v) is 29.6. The maximum Gasteiger partial charge on any atom is 0.254 e. The van der Waals surface area contributed by atoms with Crippen molar-refractivity contribution in [2.24, 2.45) is 5.73 Å². The van der Waals surface area contributed by atoms with Crippen LogP contribution in [0.3, 0.4) is 0 Å². The molecule has 0 fully saturated rings. The molecule has 1 aliphatic rings. The number of benzene rings is 2. The highest BCUT2D eigenvalue weighted by molar-refractivity contribution is 6.16. The van der Waals surface area contributed by atoms with Crippen LogP contribution in [0, 0.1) is 10.8 Å². The molecule has 0 atom stereocenters. The predicted molar refractivity (Wildman–Crippen MR) is 200 cm³/mol. The molecule has 2 amide bonds. The smallest absolute Gasteiger partial charge is 0.254 e. The lowest BCUT2D eigenvalue weighted by molar-refractivity contribution is -0.133. The number of phenols is 1. The molecule has 53 heavy (non-hydrogen) atoms. The van der Waals surface area contributed by atoms with Gasteiger partial charge in [-0.1, -0.05) is 18.2 Å². The van der Waals surface area contributed by atoms with Crippen LogP contribution in [0.1, 0.15) is 34.2 Å². The fourth-order valence-corrected chi connectivity index (χ4v) is 5.36. The minimum absolute atomic E-state index is 0.0375. The van der Waals surface area contributed by atoms with Crippen molar-refractivity contribution in [3.05, 3.63) is 82.3 Å². The molecule has 1 aliphatic heterocycles. The Labute approximate surface area is 307 Å². The van der Waals surface area contributed by atoms with E-state index in [9.17, 15) is 14.7 Å². The quantitative estimate of drug-likeness (QED) is 0.0238. The van der Waals surface area contributed by atoms with Gasteiger partial charge in [-0.25, -0.2) is 9.97 Å². The largest absolute Gasteiger partial charge is 0.506 e. The number of anilines is 3. The number of carbonyl (C=O) groups is 2. The minimum Gasteiger partial charge on any atom is -0.506 e. The summed E-state index contributed by atoms with van der Waals surface area (Å²) >= 11 is 0. The van der Waals surface area contributed by atoms with Crippen LogP contribution in [0.5, 0.6) is 5.75 Å². The molecule has 0 saturated heterocycles. The first kappa shape index (κ1) is 40.2. The summed E-state index contributed by atoms with van der Waals surface area (Å²) in [5.74, 6) is 0.101. The lowest BCUT2D eigenvalue weighted by atomic mass is 9.97. The number of hydrogen-bond donors (Lipinski definition) is 8. The molecule has 17 nitrogen and oxygen atoms in total. The van der Waals surface area contributed by atoms with Gasteiger partial charge < -0.3 is 62.2 Å². The molecule has 0 radical (unpaired) electrons. The summed E-state index contributed by atoms with van der Waals surface area (Å²) in [6.45, 7) is 4.82. The first-order chi connectivity index (χ1) is 25.7. The van der Waals surface area contributed by atoms with Gasteiger partial charge in [0, 0.05) is 44.2 Å². The fourth-order valence-electron chi connectivity index (χ4n) is 5.36. The number of nitrogens with one attached hydrogen (secondary N) is 4. The van der Waals surface area contributed by atoms with Crippen LogP contribution < -0.4 is 27.8 Å². The second kappa shape index (κ2) is 21.0. The van der Waals surface area contributed by atoms with E-state index in [1.54, 1.807) is 6.07 Å². The molecule has 284 valence electrons. The Morgan fingerprint density at radius 1 is 0.925 bits per heavy atom. The molecule has 2 heterocycles. The summed E-state index contributed by atoms with van der Waals surface area (Å²) in [5, 5.41) is 31.4. The zero-order chi connectivity index (χ0) is 38.0. The summed E-state index contributed by atoms with van der Waals surface area (Å²) in [6.07, 6.45) is 4.32. The number of hydrogen-bond acceptors (Lipinski definition) is 15. The predicted octanol–water partition coefficient (Wildman–Crippen LogP) is 1.32. The number of ether oxygens (including phenoxy) is 4. The van der Waals surface area contributed by atoms with Crippen molar-refractivity contribution < 1.29 is 33.6 Å². The summed E-state index contributed by atoms with van der Waals surface area (Å²) in [5.41, 5.74) is 21.6. The lowest BCUT2D eigenvalue weighted by Crippen LogP contribution is -2.36. The van der Waals surface area contributed by atoms with Crippen LogP contribution >= 0.6 is 0 Å². The van der Waals surface area contributed by atoms with Gasteiger partial charge in [-0.2, -0.15) is 0 Å². The van der Waals surface area contributed by atoms with Crippen molar-refractivity contribution in [3.63, 3.8) is 0 Å². The number of fused-ring (bicyclic) bond motifs is 1. The van der Waals surface area contributed by atoms with Gasteiger partial charge in [0.05, 0.1) is 81.8 Å². The van der Waals surface area contributed by atoms with E-state index in [2.05, 4.69) is 26.7 Å². The van der Waals surface area contributed by atoms with Gasteiger partial charge in [0.15, 0.2) is 0 Å². The Morgan fingerprint density at radius 3 is 2.30 bits per heavy atom. The summed E-state index contributed by atoms with van der Waals surface area (Å²) < 4.78 is 21.9. The number of nitrogens with zero attached hydrogens (tertiary/aromatic N) is 3. The van der Waals surface area contributed by atoms with Crippen molar-refractivity contribution in [2.45, 2.75) is 25.9 Å². The first-order valence-corrected chi connectivity index (χ1v) is 17.1. The Kier molecular flexibility index (Phi) is 15.9. The molecular formula is C36H48N10O7. The third kappa shape index (κ3) is 12.2. The Hall–Kier alpha value is -5.62. The first-order valence-electron chi connectivity index (χ1n) is 17.1. The second-order valence-corrected chi connectivity index (χ2v) is 11.9. The van der Waals surface area contributed by atoms with E-state index >= 15 is 0 Å². The molecular weight excluding hydrogens is 684 g/mol. The van der Waals surface area contributed by atoms with Crippen molar-refractivity contribution in [1.82, 2.24) is 20.2 Å². The Bertz CT molecular complexity index is 1750. The van der Waals surface area contributed by atoms with Gasteiger partial charge in [0.25, 0.3) is 5.91 Å². The molecule has 2 aromatic carbocycles. The summed E-state index contributed by atoms with van der Waals surface area (Å²) in [4.78, 5) is 34.7. The molecule has 17 heteroatoms. The number of nitrogen functional groups attached to an aromatic ring is 2. The van der Waals surface area contributed by atoms with E-state index in [0.29, 0.717) is 96.0 Å². The number of carbonyl (C=O) groups excluding carboxylic acids is 2. The van der Waals surface area contributed by atoms with Crippen LogP contribution in [-0.4, -0.2) is 110 Å². The Morgan fingerprint density at radius 2 is 1.62 bits per heavy atom. The molecule has 0 spiro atoms. The van der Waals surface area contributed by atoms with Crippen molar-refractivity contribution in [2.75, 3.05) is 82.7 Å². The molecule has 0 saturated carbocycles. The molecule has 1 aromatic heterocycles. The van der Waals surface area contributed by atoms with E-state index in [1.807, 2.05) is 17.0 Å². The van der Waals surface area contributed by atoms with Crippen molar-refractivity contribution in [3.8, 4) is 5.75 Å². The van der Waals surface area contributed by atoms with Crippen LogP contribution in [0.15, 0.2) is 54.5 Å². The SMILES string of the molecule is N=C/C(=C\N)C(=O)NCCOCCOCCOCCOCCC(=O)N1CCc2cc(CNc3ncnc(N)c3C(=N)c3ccc(O)c(N)c3)ccc2C1. The van der Waals surface area contributed by atoms with Gasteiger partial charge in [-0.05, 0) is 41.3 Å². The van der Waals surface area contributed by atoms with Crippen LogP contribution in [0.25, 0.3) is 0 Å². The lowest BCUT2D eigenvalue weighted by Gasteiger charge is -2.29. The van der Waals surface area contributed by atoms with Gasteiger partial charge in [0.2, 0.25) is 5.91 Å². The summed E-state index contributed by atoms with van der Waals surface area (Å²) in [7, 11) is 0. The molecule has 0 aliphatic carbocycles. The number of phenolic OH excluding ortho intramolecular Hbond substituents is 1.